The Labute approximate surface area is 316 Å². The normalized spacial score (nSPS) is 26.6. The van der Waals surface area contributed by atoms with E-state index < -0.39 is 0 Å². The fourth-order valence-electron chi connectivity index (χ4n) is 10.9. The SMILES string of the molecule is CC1=C(C2=CCCC=C2)C=C(C2=CC=CCC2)CC1C1=CCC(n2c3c(c4ccc(-c5cccc6c5C(C)(C)C5C=CC=CC65)cc42)CCC=C3)C=C1. The van der Waals surface area contributed by atoms with Crippen LogP contribution >= 0.6 is 0 Å². The number of nitrogens with zero attached hydrogens (tertiary/aromatic N) is 1. The number of aryl methyl sites for hydroxylation is 1. The molecule has 0 saturated heterocycles. The summed E-state index contributed by atoms with van der Waals surface area (Å²) in [6.07, 6.45) is 47.3. The van der Waals surface area contributed by atoms with Crippen molar-refractivity contribution in [2.75, 3.05) is 0 Å². The Kier molecular flexibility index (Phi) is 7.97. The maximum atomic E-state index is 2.68. The van der Waals surface area contributed by atoms with Crippen molar-refractivity contribution in [3.8, 4) is 11.1 Å². The van der Waals surface area contributed by atoms with Gasteiger partial charge in [-0.2, -0.15) is 0 Å². The molecule has 3 aromatic rings. The molecule has 7 aliphatic carbocycles. The molecule has 10 rings (SSSR count). The highest BCUT2D eigenvalue weighted by Gasteiger charge is 2.45. The second kappa shape index (κ2) is 12.9. The van der Waals surface area contributed by atoms with Crippen molar-refractivity contribution < 1.29 is 0 Å². The fourth-order valence-corrected chi connectivity index (χ4v) is 10.9. The summed E-state index contributed by atoms with van der Waals surface area (Å²) in [6, 6.07) is 14.7. The molecule has 0 aliphatic heterocycles. The molecule has 0 N–H and O–H groups in total. The number of aromatic nitrogens is 1. The van der Waals surface area contributed by atoms with Gasteiger partial charge in [0.25, 0.3) is 0 Å². The summed E-state index contributed by atoms with van der Waals surface area (Å²) in [5, 5.41) is 1.43. The van der Waals surface area contributed by atoms with Crippen molar-refractivity contribution in [1.29, 1.82) is 0 Å². The van der Waals surface area contributed by atoms with Crippen molar-refractivity contribution in [1.82, 2.24) is 4.57 Å². The molecule has 4 atom stereocenters. The second-order valence-corrected chi connectivity index (χ2v) is 16.9. The molecule has 53 heavy (non-hydrogen) atoms. The van der Waals surface area contributed by atoms with Gasteiger partial charge >= 0.3 is 0 Å². The fraction of sp³-hybridized carbons (Fsp3) is 0.308. The Bertz CT molecular complexity index is 2390. The number of hydrogen-bond acceptors (Lipinski definition) is 0. The molecular formula is C52H51N. The van der Waals surface area contributed by atoms with Crippen LogP contribution in [0.3, 0.4) is 0 Å². The zero-order chi connectivity index (χ0) is 35.7. The van der Waals surface area contributed by atoms with E-state index in [0.717, 1.165) is 51.4 Å². The van der Waals surface area contributed by atoms with Crippen LogP contribution in [0.1, 0.15) is 100 Å². The molecule has 0 saturated carbocycles. The molecular weight excluding hydrogens is 639 g/mol. The first kappa shape index (κ1) is 32.7. The first-order valence-electron chi connectivity index (χ1n) is 20.3. The number of hydrogen-bond donors (Lipinski definition) is 0. The molecule has 1 aromatic heterocycles. The minimum atomic E-state index is 0.0682. The molecule has 0 bridgehead atoms. The van der Waals surface area contributed by atoms with Crippen LogP contribution in [-0.4, -0.2) is 4.57 Å². The van der Waals surface area contributed by atoms with Gasteiger partial charge in [0.15, 0.2) is 0 Å². The van der Waals surface area contributed by atoms with Crippen LogP contribution < -0.4 is 0 Å². The van der Waals surface area contributed by atoms with Gasteiger partial charge in [-0.1, -0.05) is 141 Å². The van der Waals surface area contributed by atoms with Gasteiger partial charge in [-0.25, -0.2) is 0 Å². The van der Waals surface area contributed by atoms with E-state index >= 15 is 0 Å². The molecule has 4 unspecified atom stereocenters. The van der Waals surface area contributed by atoms with Crippen LogP contribution in [0.2, 0.25) is 0 Å². The molecule has 1 nitrogen and oxygen atoms in total. The molecule has 1 heterocycles. The van der Waals surface area contributed by atoms with Crippen molar-refractivity contribution in [2.45, 2.75) is 89.5 Å². The highest BCUT2D eigenvalue weighted by Crippen LogP contribution is 2.56. The van der Waals surface area contributed by atoms with Crippen LogP contribution in [0.5, 0.6) is 0 Å². The van der Waals surface area contributed by atoms with Crippen molar-refractivity contribution in [2.24, 2.45) is 11.8 Å². The lowest BCUT2D eigenvalue weighted by atomic mass is 9.73. The Hall–Kier alpha value is -4.88. The monoisotopic (exact) mass is 689 g/mol. The van der Waals surface area contributed by atoms with Crippen molar-refractivity contribution >= 4 is 17.0 Å². The van der Waals surface area contributed by atoms with Crippen LogP contribution in [0.25, 0.3) is 28.1 Å². The zero-order valence-corrected chi connectivity index (χ0v) is 31.6. The summed E-state index contributed by atoms with van der Waals surface area (Å²) in [4.78, 5) is 0. The molecule has 0 fully saturated rings. The molecule has 264 valence electrons. The molecule has 0 spiro atoms. The highest BCUT2D eigenvalue weighted by atomic mass is 15.0. The van der Waals surface area contributed by atoms with E-state index in [1.54, 1.807) is 0 Å². The van der Waals surface area contributed by atoms with Gasteiger partial charge in [-0.05, 0) is 137 Å². The lowest BCUT2D eigenvalue weighted by Crippen LogP contribution is -2.25. The maximum absolute atomic E-state index is 2.68. The Morgan fingerprint density at radius 2 is 1.68 bits per heavy atom. The third-order valence-electron chi connectivity index (χ3n) is 13.6. The minimum absolute atomic E-state index is 0.0682. The summed E-state index contributed by atoms with van der Waals surface area (Å²) >= 11 is 0. The summed E-state index contributed by atoms with van der Waals surface area (Å²) in [7, 11) is 0. The van der Waals surface area contributed by atoms with Crippen LogP contribution in [-0.2, 0) is 11.8 Å². The average Bonchev–Trinajstić information content (AvgIpc) is 3.67. The standard InChI is InChI=1S/C52H51N/c1-34-46(36-17-8-5-9-18-36)31-39(35-15-6-4-7-16-35)32-47(34)37-25-28-40(29-26-37)53-49-24-13-11-20-43(49)44-30-27-38(33-50(44)53)41-21-14-22-45-42-19-10-12-23-48(42)52(2,3)51(41)45/h4,6,8,10,12-15,17-19,21-28,30-31,33,40,42,47-48H,5,7,9,11,16,20,29,32H2,1-3H3. The van der Waals surface area contributed by atoms with E-state index in [9.17, 15) is 0 Å². The van der Waals surface area contributed by atoms with Gasteiger partial charge in [-0.15, -0.1) is 0 Å². The number of fused-ring (bicyclic) bond motifs is 6. The Morgan fingerprint density at radius 1 is 0.792 bits per heavy atom. The number of rotatable bonds is 5. The molecule has 1 heteroatoms. The topological polar surface area (TPSA) is 4.93 Å². The molecule has 2 aromatic carbocycles. The molecule has 7 aliphatic rings. The Morgan fingerprint density at radius 3 is 2.51 bits per heavy atom. The number of allylic oxidation sites excluding steroid dienone is 21. The zero-order valence-electron chi connectivity index (χ0n) is 31.6. The van der Waals surface area contributed by atoms with E-state index in [1.807, 2.05) is 0 Å². The van der Waals surface area contributed by atoms with E-state index in [0.29, 0.717) is 17.8 Å². The van der Waals surface area contributed by atoms with Gasteiger partial charge in [-0.3, -0.25) is 0 Å². The van der Waals surface area contributed by atoms with E-state index in [4.69, 9.17) is 0 Å². The first-order chi connectivity index (χ1) is 26.0. The summed E-state index contributed by atoms with van der Waals surface area (Å²) in [5.41, 5.74) is 19.1. The van der Waals surface area contributed by atoms with Gasteiger partial charge in [0, 0.05) is 28.4 Å². The van der Waals surface area contributed by atoms with E-state index in [1.165, 1.54) is 77.9 Å². The van der Waals surface area contributed by atoms with Crippen molar-refractivity contribution in [3.05, 3.63) is 183 Å². The Balaban J connectivity index is 1.03. The van der Waals surface area contributed by atoms with Crippen molar-refractivity contribution in [3.63, 3.8) is 0 Å². The third-order valence-corrected chi connectivity index (χ3v) is 13.6. The third kappa shape index (κ3) is 5.33. The predicted octanol–water partition coefficient (Wildman–Crippen LogP) is 13.6. The van der Waals surface area contributed by atoms with Crippen LogP contribution in [0.15, 0.2) is 161 Å². The predicted molar refractivity (Wildman–Crippen MR) is 225 cm³/mol. The number of benzene rings is 2. The highest BCUT2D eigenvalue weighted by molar-refractivity contribution is 5.93. The largest absolute Gasteiger partial charge is 0.333 e. The summed E-state index contributed by atoms with van der Waals surface area (Å²) in [5.74, 6) is 1.36. The van der Waals surface area contributed by atoms with Gasteiger partial charge in [0.2, 0.25) is 0 Å². The minimum Gasteiger partial charge on any atom is -0.333 e. The lowest BCUT2D eigenvalue weighted by molar-refractivity contribution is 0.395. The second-order valence-electron chi connectivity index (χ2n) is 16.9. The molecule has 0 amide bonds. The summed E-state index contributed by atoms with van der Waals surface area (Å²) < 4.78 is 2.68. The van der Waals surface area contributed by atoms with E-state index in [2.05, 4.69) is 159 Å². The quantitative estimate of drug-likeness (QED) is 0.251. The van der Waals surface area contributed by atoms with Crippen LogP contribution in [0.4, 0.5) is 0 Å². The van der Waals surface area contributed by atoms with Crippen LogP contribution in [0, 0.1) is 11.8 Å². The summed E-state index contributed by atoms with van der Waals surface area (Å²) in [6.45, 7) is 7.32. The maximum Gasteiger partial charge on any atom is 0.0560 e. The first-order valence-corrected chi connectivity index (χ1v) is 20.3. The van der Waals surface area contributed by atoms with E-state index in [-0.39, 0.29) is 11.5 Å². The lowest BCUT2D eigenvalue weighted by Gasteiger charge is -2.32. The smallest absolute Gasteiger partial charge is 0.0560 e. The van der Waals surface area contributed by atoms with Gasteiger partial charge in [0.05, 0.1) is 6.04 Å². The average molecular weight is 690 g/mol. The molecule has 0 radical (unpaired) electrons. The van der Waals surface area contributed by atoms with Gasteiger partial charge in [0.1, 0.15) is 0 Å². The van der Waals surface area contributed by atoms with Gasteiger partial charge < -0.3 is 4.57 Å².